The van der Waals surface area contributed by atoms with Gasteiger partial charge in [0.15, 0.2) is 5.75 Å². The van der Waals surface area contributed by atoms with Gasteiger partial charge in [0.25, 0.3) is 0 Å². The van der Waals surface area contributed by atoms with Crippen LogP contribution in [0.1, 0.15) is 31.2 Å². The number of piperidine rings is 3. The fourth-order valence-corrected chi connectivity index (χ4v) is 7.52. The van der Waals surface area contributed by atoms with Crippen LogP contribution in [0.2, 0.25) is 0 Å². The molecule has 0 spiro atoms. The number of amides is 3. The van der Waals surface area contributed by atoms with E-state index in [0.29, 0.717) is 57.5 Å². The molecule has 174 valence electrons. The number of likely N-dealkylation sites (tertiary alicyclic amines) is 1. The van der Waals surface area contributed by atoms with Crippen molar-refractivity contribution in [3.63, 3.8) is 0 Å². The van der Waals surface area contributed by atoms with Crippen molar-refractivity contribution in [3.8, 4) is 0 Å². The second-order valence-corrected chi connectivity index (χ2v) is 11.7. The lowest BCUT2D eigenvalue weighted by Gasteiger charge is -2.53. The Bertz CT molecular complexity index is 905. The molecule has 0 radical (unpaired) electrons. The van der Waals surface area contributed by atoms with Gasteiger partial charge >= 0.3 is 6.03 Å². The zero-order chi connectivity index (χ0) is 22.3. The van der Waals surface area contributed by atoms with Gasteiger partial charge in [0.05, 0.1) is 13.1 Å². The summed E-state index contributed by atoms with van der Waals surface area (Å²) in [4.78, 5) is 31.4. The van der Waals surface area contributed by atoms with E-state index in [1.807, 2.05) is 35.2 Å². The van der Waals surface area contributed by atoms with Gasteiger partial charge in [0.1, 0.15) is 10.4 Å². The number of sulfonamides is 1. The van der Waals surface area contributed by atoms with Gasteiger partial charge in [-0.25, -0.2) is 4.79 Å². The molecule has 9 heteroatoms. The molecular weight excluding hydrogens is 428 g/mol. The van der Waals surface area contributed by atoms with Crippen molar-refractivity contribution in [2.24, 2.45) is 11.8 Å². The zero-order valence-electron chi connectivity index (χ0n) is 18.4. The molecule has 3 amide bonds. The third kappa shape index (κ3) is 4.30. The Morgan fingerprint density at radius 3 is 2.53 bits per heavy atom. The Morgan fingerprint density at radius 2 is 1.78 bits per heavy atom. The van der Waals surface area contributed by atoms with Crippen LogP contribution in [0, 0.1) is 11.8 Å². The number of carbonyl (C=O) groups excluding carboxylic acids is 2. The lowest BCUT2D eigenvalue weighted by Crippen LogP contribution is -2.63. The molecule has 0 N–H and O–H groups in total. The highest BCUT2D eigenvalue weighted by Crippen LogP contribution is 2.38. The molecule has 1 aromatic carbocycles. The minimum Gasteiger partial charge on any atom is -0.597 e. The maximum Gasteiger partial charge on any atom is 0.320 e. The Kier molecular flexibility index (Phi) is 5.98. The topological polar surface area (TPSA) is 87.2 Å². The van der Waals surface area contributed by atoms with Crippen molar-refractivity contribution < 1.29 is 18.4 Å². The van der Waals surface area contributed by atoms with E-state index in [2.05, 4.69) is 4.90 Å². The first-order valence-electron chi connectivity index (χ1n) is 11.8. The standard InChI is InChI=1S/C23H32N4O4S/c28-22-8-4-7-21-20-13-19(15-27(21)22)14-25(16-20)23(29)24-9-11-26(12-10-24)32(30,31)17-18-5-2-1-3-6-18/h1-3,5-6,19-21H,4,7-17H2/t19?,20?,21-/m1/s1. The Balaban J connectivity index is 1.17. The van der Waals surface area contributed by atoms with Crippen molar-refractivity contribution in [3.05, 3.63) is 35.9 Å². The van der Waals surface area contributed by atoms with E-state index < -0.39 is 10.4 Å². The molecule has 0 aliphatic carbocycles. The minimum atomic E-state index is -3.40. The first kappa shape index (κ1) is 21.9. The summed E-state index contributed by atoms with van der Waals surface area (Å²) in [5.74, 6) is 0.990. The number of rotatable bonds is 3. The highest BCUT2D eigenvalue weighted by atomic mass is 32.3. The van der Waals surface area contributed by atoms with E-state index in [4.69, 9.17) is 0 Å². The molecule has 1 aromatic rings. The molecular formula is C23H32N4O4S. The molecule has 8 nitrogen and oxygen atoms in total. The molecule has 4 aliphatic rings. The summed E-state index contributed by atoms with van der Waals surface area (Å²) in [6.45, 7) is 3.70. The van der Waals surface area contributed by atoms with Crippen LogP contribution in [0.15, 0.2) is 30.3 Å². The molecule has 0 aromatic heterocycles. The molecule has 4 fully saturated rings. The maximum atomic E-state index is 13.3. The number of nitrogens with zero attached hydrogens (tertiary/aromatic N) is 4. The Hall–Kier alpha value is -1.97. The second-order valence-electron chi connectivity index (χ2n) is 9.68. The lowest BCUT2D eigenvalue weighted by molar-refractivity contribution is -0.144. The number of piperazine rings is 1. The minimum absolute atomic E-state index is 0.00607. The summed E-state index contributed by atoms with van der Waals surface area (Å²) >= 11 is 0. The normalized spacial score (nSPS) is 30.6. The van der Waals surface area contributed by atoms with Crippen LogP contribution in [0.3, 0.4) is 0 Å². The average Bonchev–Trinajstić information content (AvgIpc) is 2.80. The third-order valence-electron chi connectivity index (χ3n) is 7.54. The first-order valence-corrected chi connectivity index (χ1v) is 13.4. The maximum absolute atomic E-state index is 13.3. The van der Waals surface area contributed by atoms with Crippen LogP contribution < -0.4 is 0 Å². The molecule has 32 heavy (non-hydrogen) atoms. The van der Waals surface area contributed by atoms with Gasteiger partial charge < -0.3 is 19.3 Å². The average molecular weight is 461 g/mol. The van der Waals surface area contributed by atoms with Crippen LogP contribution in [0.4, 0.5) is 4.79 Å². The van der Waals surface area contributed by atoms with Gasteiger partial charge in [-0.3, -0.25) is 4.79 Å². The Morgan fingerprint density at radius 1 is 1.03 bits per heavy atom. The fraction of sp³-hybridized carbons (Fsp3) is 0.652. The predicted octanol–water partition coefficient (Wildman–Crippen LogP) is 1.80. The smallest absolute Gasteiger partial charge is 0.320 e. The fourth-order valence-electron chi connectivity index (χ4n) is 6.00. The summed E-state index contributed by atoms with van der Waals surface area (Å²) in [5, 5.41) is 0. The number of benzene rings is 1. The third-order valence-corrected chi connectivity index (χ3v) is 9.39. The number of carbonyl (C=O) groups is 2. The summed E-state index contributed by atoms with van der Waals surface area (Å²) < 4.78 is 27.1. The van der Waals surface area contributed by atoms with Crippen LogP contribution in [-0.2, 0) is 25.2 Å². The molecule has 3 unspecified atom stereocenters. The molecule has 4 aliphatic heterocycles. The molecule has 4 heterocycles. The predicted molar refractivity (Wildman–Crippen MR) is 120 cm³/mol. The number of hydrogen-bond donors (Lipinski definition) is 0. The highest BCUT2D eigenvalue weighted by Gasteiger charge is 2.45. The van der Waals surface area contributed by atoms with E-state index in [9.17, 15) is 18.4 Å². The van der Waals surface area contributed by atoms with Crippen molar-refractivity contribution in [2.75, 3.05) is 45.8 Å². The van der Waals surface area contributed by atoms with Gasteiger partial charge in [0.2, 0.25) is 5.91 Å². The molecule has 4 atom stereocenters. The summed E-state index contributed by atoms with van der Waals surface area (Å²) in [7, 11) is -3.40. The highest BCUT2D eigenvalue weighted by molar-refractivity contribution is 7.94. The van der Waals surface area contributed by atoms with Crippen molar-refractivity contribution in [1.29, 1.82) is 0 Å². The zero-order valence-corrected chi connectivity index (χ0v) is 19.3. The van der Waals surface area contributed by atoms with E-state index >= 15 is 0 Å². The summed E-state index contributed by atoms with van der Waals surface area (Å²) in [5.41, 5.74) is 0.779. The SMILES string of the molecule is O=C(N1CCN([S+](=O)([O-])Cc2ccccc2)CC1)N1CC2CC(C1)[C@H]1CCCC(=O)N1C2. The van der Waals surface area contributed by atoms with E-state index in [1.165, 1.54) is 4.31 Å². The van der Waals surface area contributed by atoms with Crippen molar-refractivity contribution in [1.82, 2.24) is 19.0 Å². The lowest BCUT2D eigenvalue weighted by atomic mass is 9.76. The van der Waals surface area contributed by atoms with Gasteiger partial charge in [-0.05, 0) is 31.1 Å². The molecule has 5 rings (SSSR count). The van der Waals surface area contributed by atoms with E-state index in [-0.39, 0.29) is 23.7 Å². The van der Waals surface area contributed by atoms with Crippen molar-refractivity contribution >= 4 is 22.3 Å². The monoisotopic (exact) mass is 460 g/mol. The first-order chi connectivity index (χ1) is 15.4. The van der Waals surface area contributed by atoms with Crippen LogP contribution in [-0.4, -0.2) is 87.4 Å². The number of fused-ring (bicyclic) bond motifs is 4. The largest absolute Gasteiger partial charge is 0.597 e. The molecule has 2 bridgehead atoms. The summed E-state index contributed by atoms with van der Waals surface area (Å²) in [6.07, 6.45) is 3.76. The van der Waals surface area contributed by atoms with Gasteiger partial charge in [-0.2, -0.15) is 0 Å². The summed E-state index contributed by atoms with van der Waals surface area (Å²) in [6, 6.07) is 9.52. The van der Waals surface area contributed by atoms with Gasteiger partial charge in [0, 0.05) is 50.7 Å². The van der Waals surface area contributed by atoms with Crippen LogP contribution in [0.5, 0.6) is 0 Å². The van der Waals surface area contributed by atoms with Crippen molar-refractivity contribution in [2.45, 2.75) is 37.5 Å². The van der Waals surface area contributed by atoms with Gasteiger partial charge in [-0.1, -0.05) is 34.5 Å². The van der Waals surface area contributed by atoms with Crippen LogP contribution in [0.25, 0.3) is 0 Å². The van der Waals surface area contributed by atoms with E-state index in [1.54, 1.807) is 4.90 Å². The second kappa shape index (κ2) is 8.76. The molecule has 0 saturated carbocycles. The molecule has 4 saturated heterocycles. The Labute approximate surface area is 190 Å². The van der Waals surface area contributed by atoms with Gasteiger partial charge in [-0.15, -0.1) is 4.31 Å². The number of hydrogen-bond acceptors (Lipinski definition) is 4. The van der Waals surface area contributed by atoms with Crippen LogP contribution >= 0.6 is 0 Å². The quantitative estimate of drug-likeness (QED) is 0.644. The number of urea groups is 1. The van der Waals surface area contributed by atoms with E-state index in [0.717, 1.165) is 31.4 Å².